The van der Waals surface area contributed by atoms with Crippen LogP contribution in [0.1, 0.15) is 17.5 Å². The van der Waals surface area contributed by atoms with Crippen LogP contribution >= 0.6 is 0 Å². The predicted molar refractivity (Wildman–Crippen MR) is 90.6 cm³/mol. The number of nitrogens with one attached hydrogen (secondary N) is 1. The topological polar surface area (TPSA) is 82.4 Å². The minimum Gasteiger partial charge on any atom is -0.376 e. The summed E-state index contributed by atoms with van der Waals surface area (Å²) in [7, 11) is -3.19. The van der Waals surface area contributed by atoms with Gasteiger partial charge in [-0.3, -0.25) is 4.90 Å². The van der Waals surface area contributed by atoms with E-state index in [2.05, 4.69) is 15.7 Å². The molecule has 1 N–H and O–H groups in total. The van der Waals surface area contributed by atoms with Crippen molar-refractivity contribution in [1.29, 1.82) is 5.26 Å². The summed E-state index contributed by atoms with van der Waals surface area (Å²) in [5, 5.41) is 9.01. The van der Waals surface area contributed by atoms with E-state index in [4.69, 9.17) is 10.00 Å². The Morgan fingerprint density at radius 3 is 3.04 bits per heavy atom. The van der Waals surface area contributed by atoms with E-state index in [0.29, 0.717) is 23.9 Å². The average molecular weight is 349 g/mol. The highest BCUT2D eigenvalue weighted by atomic mass is 32.2. The highest BCUT2D eigenvalue weighted by Crippen LogP contribution is 2.34. The zero-order valence-electron chi connectivity index (χ0n) is 13.8. The molecule has 2 aliphatic rings. The third-order valence-corrected chi connectivity index (χ3v) is 5.59. The van der Waals surface area contributed by atoms with E-state index in [-0.39, 0.29) is 6.10 Å². The molecule has 2 fully saturated rings. The normalized spacial score (nSPS) is 27.6. The molecule has 2 saturated heterocycles. The molecule has 0 unspecified atom stereocenters. The van der Waals surface area contributed by atoms with Gasteiger partial charge in [0.15, 0.2) is 0 Å². The van der Waals surface area contributed by atoms with Crippen molar-refractivity contribution < 1.29 is 13.2 Å². The van der Waals surface area contributed by atoms with Crippen LogP contribution in [0.2, 0.25) is 0 Å². The summed E-state index contributed by atoms with van der Waals surface area (Å²) in [5.41, 5.74) is 1.82. The Bertz CT molecular complexity index is 729. The first kappa shape index (κ1) is 17.4. The molecule has 130 valence electrons. The molecule has 1 aromatic carbocycles. The maximum absolute atomic E-state index is 11.3. The van der Waals surface area contributed by atoms with Gasteiger partial charge in [-0.05, 0) is 36.6 Å². The molecule has 0 bridgehead atoms. The van der Waals surface area contributed by atoms with Crippen LogP contribution in [0.3, 0.4) is 0 Å². The van der Waals surface area contributed by atoms with Gasteiger partial charge in [0.2, 0.25) is 10.0 Å². The van der Waals surface area contributed by atoms with Crippen LogP contribution in [-0.2, 0) is 21.3 Å². The smallest absolute Gasteiger partial charge is 0.208 e. The fraction of sp³-hybridized carbons (Fsp3) is 0.588. The lowest BCUT2D eigenvalue weighted by Gasteiger charge is -2.36. The maximum Gasteiger partial charge on any atom is 0.208 e. The standard InChI is InChI=1S/C17H23N3O3S/c1-24(21,22)19-9-17-16-11-20(6-5-15(16)12-23-17)10-14-4-2-3-13(7-14)8-18/h2-4,7,15-17,19H,5-6,9-12H2,1H3/t15-,16-,17+/m0/s1. The average Bonchev–Trinajstić information content (AvgIpc) is 2.95. The zero-order valence-corrected chi connectivity index (χ0v) is 14.6. The third kappa shape index (κ3) is 4.33. The van der Waals surface area contributed by atoms with Crippen molar-refractivity contribution in [3.05, 3.63) is 35.4 Å². The summed E-state index contributed by atoms with van der Waals surface area (Å²) in [6.07, 6.45) is 2.19. The molecule has 0 spiro atoms. The lowest BCUT2D eigenvalue weighted by molar-refractivity contribution is 0.0776. The molecule has 1 aromatic rings. The van der Waals surface area contributed by atoms with E-state index in [0.717, 1.165) is 38.2 Å². The molecule has 0 aliphatic carbocycles. The van der Waals surface area contributed by atoms with Crippen molar-refractivity contribution in [1.82, 2.24) is 9.62 Å². The predicted octanol–water partition coefficient (Wildman–Crippen LogP) is 0.944. The van der Waals surface area contributed by atoms with Crippen LogP contribution in [0.15, 0.2) is 24.3 Å². The van der Waals surface area contributed by atoms with Gasteiger partial charge in [-0.25, -0.2) is 13.1 Å². The third-order valence-electron chi connectivity index (χ3n) is 4.90. The molecular formula is C17H23N3O3S. The van der Waals surface area contributed by atoms with Crippen LogP contribution in [0.25, 0.3) is 0 Å². The van der Waals surface area contributed by atoms with Gasteiger partial charge in [-0.15, -0.1) is 0 Å². The maximum atomic E-state index is 11.3. The monoisotopic (exact) mass is 349 g/mol. The summed E-state index contributed by atoms with van der Waals surface area (Å²) < 4.78 is 31.0. The largest absolute Gasteiger partial charge is 0.376 e. The molecule has 0 aromatic heterocycles. The summed E-state index contributed by atoms with van der Waals surface area (Å²) in [6, 6.07) is 9.88. The Morgan fingerprint density at radius 2 is 2.29 bits per heavy atom. The second-order valence-corrected chi connectivity index (χ2v) is 8.59. The lowest BCUT2D eigenvalue weighted by atomic mass is 9.84. The van der Waals surface area contributed by atoms with Gasteiger partial charge < -0.3 is 4.74 Å². The Labute approximate surface area is 143 Å². The molecule has 2 aliphatic heterocycles. The molecule has 7 heteroatoms. The Kier molecular flexibility index (Phi) is 5.21. The zero-order chi connectivity index (χ0) is 17.2. The molecule has 24 heavy (non-hydrogen) atoms. The number of nitriles is 1. The van der Waals surface area contributed by atoms with E-state index in [9.17, 15) is 8.42 Å². The first-order valence-corrected chi connectivity index (χ1v) is 10.1. The number of benzene rings is 1. The van der Waals surface area contributed by atoms with E-state index in [1.165, 1.54) is 6.26 Å². The highest BCUT2D eigenvalue weighted by Gasteiger charge is 2.40. The number of likely N-dealkylation sites (tertiary alicyclic amines) is 1. The summed E-state index contributed by atoms with van der Waals surface area (Å²) in [5.74, 6) is 0.866. The van der Waals surface area contributed by atoms with Crippen molar-refractivity contribution in [2.75, 3.05) is 32.5 Å². The quantitative estimate of drug-likeness (QED) is 0.856. The van der Waals surface area contributed by atoms with Gasteiger partial charge in [-0.2, -0.15) is 5.26 Å². The van der Waals surface area contributed by atoms with Crippen molar-refractivity contribution in [3.63, 3.8) is 0 Å². The molecule has 0 radical (unpaired) electrons. The summed E-state index contributed by atoms with van der Waals surface area (Å²) in [6.45, 7) is 3.78. The van der Waals surface area contributed by atoms with Crippen LogP contribution in [-0.4, -0.2) is 51.9 Å². The van der Waals surface area contributed by atoms with Crippen molar-refractivity contribution in [2.45, 2.75) is 19.1 Å². The first-order chi connectivity index (χ1) is 11.4. The Morgan fingerprint density at radius 1 is 1.46 bits per heavy atom. The molecule has 3 rings (SSSR count). The van der Waals surface area contributed by atoms with E-state index in [1.54, 1.807) is 0 Å². The van der Waals surface area contributed by atoms with Crippen LogP contribution < -0.4 is 4.72 Å². The molecule has 2 heterocycles. The Hall–Kier alpha value is -1.46. The fourth-order valence-electron chi connectivity index (χ4n) is 3.68. The van der Waals surface area contributed by atoms with E-state index >= 15 is 0 Å². The Balaban J connectivity index is 1.61. The number of hydrogen-bond donors (Lipinski definition) is 1. The van der Waals surface area contributed by atoms with Crippen LogP contribution in [0.4, 0.5) is 0 Å². The van der Waals surface area contributed by atoms with Crippen LogP contribution in [0, 0.1) is 23.2 Å². The van der Waals surface area contributed by atoms with Gasteiger partial charge in [-0.1, -0.05) is 12.1 Å². The lowest BCUT2D eigenvalue weighted by Crippen LogP contribution is -2.44. The van der Waals surface area contributed by atoms with Crippen LogP contribution in [0.5, 0.6) is 0 Å². The van der Waals surface area contributed by atoms with Crippen molar-refractivity contribution >= 4 is 10.0 Å². The number of fused-ring (bicyclic) bond motifs is 1. The molecule has 0 amide bonds. The number of sulfonamides is 1. The minimum atomic E-state index is -3.19. The molecule has 3 atom stereocenters. The number of rotatable bonds is 5. The molecule has 0 saturated carbocycles. The second-order valence-electron chi connectivity index (χ2n) is 6.75. The molecular weight excluding hydrogens is 326 g/mol. The van der Waals surface area contributed by atoms with Gasteiger partial charge >= 0.3 is 0 Å². The fourth-order valence-corrected chi connectivity index (χ4v) is 4.15. The van der Waals surface area contributed by atoms with E-state index in [1.807, 2.05) is 24.3 Å². The van der Waals surface area contributed by atoms with Gasteiger partial charge in [0.1, 0.15) is 0 Å². The van der Waals surface area contributed by atoms with Crippen molar-refractivity contribution in [2.24, 2.45) is 11.8 Å². The summed E-state index contributed by atoms with van der Waals surface area (Å²) >= 11 is 0. The first-order valence-electron chi connectivity index (χ1n) is 8.22. The van der Waals surface area contributed by atoms with Gasteiger partial charge in [0, 0.05) is 25.6 Å². The SMILES string of the molecule is CS(=O)(=O)NC[C@H]1OC[C@@H]2CCN(Cc3cccc(C#N)c3)C[C@@H]21. The number of hydrogen-bond acceptors (Lipinski definition) is 5. The van der Waals surface area contributed by atoms with Gasteiger partial charge in [0.25, 0.3) is 0 Å². The second kappa shape index (κ2) is 7.19. The number of piperidine rings is 1. The minimum absolute atomic E-state index is 0.0574. The van der Waals surface area contributed by atoms with E-state index < -0.39 is 10.0 Å². The highest BCUT2D eigenvalue weighted by molar-refractivity contribution is 7.88. The number of nitrogens with zero attached hydrogens (tertiary/aromatic N) is 2. The summed E-state index contributed by atoms with van der Waals surface area (Å²) in [4.78, 5) is 2.37. The van der Waals surface area contributed by atoms with Crippen molar-refractivity contribution in [3.8, 4) is 6.07 Å². The number of ether oxygens (including phenoxy) is 1. The van der Waals surface area contributed by atoms with Gasteiger partial charge in [0.05, 0.1) is 30.6 Å². The molecule has 6 nitrogen and oxygen atoms in total.